The van der Waals surface area contributed by atoms with E-state index in [-0.39, 0.29) is 27.6 Å². The summed E-state index contributed by atoms with van der Waals surface area (Å²) >= 11 is 0. The number of benzene rings is 3. The lowest BCUT2D eigenvalue weighted by atomic mass is 10.2. The van der Waals surface area contributed by atoms with Crippen molar-refractivity contribution in [1.29, 1.82) is 0 Å². The van der Waals surface area contributed by atoms with E-state index >= 15 is 0 Å². The molecule has 1 N–H and O–H groups in total. The van der Waals surface area contributed by atoms with Gasteiger partial charge in [0, 0.05) is 18.4 Å². The topological polar surface area (TPSA) is 101 Å². The molecule has 0 fully saturated rings. The molecular formula is C22H22N2O5S2. The number of para-hydroxylation sites is 2. The molecule has 3 aromatic rings. The Labute approximate surface area is 182 Å². The third-order valence-electron chi connectivity index (χ3n) is 4.55. The number of nitrogens with one attached hydrogen (secondary N) is 1. The Morgan fingerprint density at radius 1 is 0.871 bits per heavy atom. The molecule has 0 saturated heterocycles. The SMILES string of the molecule is CCN(c1ccccc1)S(=O)(=O)c1cccc(C(=O)Nc2ccccc2S(C)(=O)=O)c1. The molecule has 0 heterocycles. The van der Waals surface area contributed by atoms with E-state index in [1.165, 1.54) is 40.7 Å². The maximum absolute atomic E-state index is 13.2. The first kappa shape index (κ1) is 22.5. The number of hydrogen-bond donors (Lipinski definition) is 1. The maximum atomic E-state index is 13.2. The average Bonchev–Trinajstić information content (AvgIpc) is 2.74. The van der Waals surface area contributed by atoms with Crippen molar-refractivity contribution in [3.8, 4) is 0 Å². The quantitative estimate of drug-likeness (QED) is 0.583. The van der Waals surface area contributed by atoms with Gasteiger partial charge in [-0.1, -0.05) is 36.4 Å². The number of nitrogens with zero attached hydrogens (tertiary/aromatic N) is 1. The van der Waals surface area contributed by atoms with Gasteiger partial charge in [-0.3, -0.25) is 9.10 Å². The van der Waals surface area contributed by atoms with Crippen molar-refractivity contribution >= 4 is 37.1 Å². The predicted molar refractivity (Wildman–Crippen MR) is 121 cm³/mol. The Morgan fingerprint density at radius 3 is 2.16 bits per heavy atom. The lowest BCUT2D eigenvalue weighted by molar-refractivity contribution is 0.102. The molecule has 0 atom stereocenters. The van der Waals surface area contributed by atoms with E-state index in [0.29, 0.717) is 5.69 Å². The van der Waals surface area contributed by atoms with Gasteiger partial charge in [0.15, 0.2) is 9.84 Å². The van der Waals surface area contributed by atoms with E-state index in [1.54, 1.807) is 49.4 Å². The fraction of sp³-hybridized carbons (Fsp3) is 0.136. The van der Waals surface area contributed by atoms with Crippen molar-refractivity contribution in [3.63, 3.8) is 0 Å². The molecule has 0 bridgehead atoms. The van der Waals surface area contributed by atoms with Crippen LogP contribution in [0.2, 0.25) is 0 Å². The molecule has 7 nitrogen and oxygen atoms in total. The van der Waals surface area contributed by atoms with Crippen LogP contribution in [0, 0.1) is 0 Å². The van der Waals surface area contributed by atoms with Crippen LogP contribution in [0.5, 0.6) is 0 Å². The largest absolute Gasteiger partial charge is 0.321 e. The summed E-state index contributed by atoms with van der Waals surface area (Å²) in [7, 11) is -7.46. The molecule has 1 amide bonds. The number of carbonyl (C=O) groups excluding carboxylic acids is 1. The first-order valence-corrected chi connectivity index (χ1v) is 12.8. The van der Waals surface area contributed by atoms with Gasteiger partial charge in [0.25, 0.3) is 15.9 Å². The molecule has 0 aromatic heterocycles. The molecule has 0 aliphatic rings. The summed E-state index contributed by atoms with van der Waals surface area (Å²) in [6.07, 6.45) is 1.05. The Hall–Kier alpha value is -3.17. The van der Waals surface area contributed by atoms with Crippen molar-refractivity contribution in [2.24, 2.45) is 0 Å². The fourth-order valence-electron chi connectivity index (χ4n) is 3.10. The predicted octanol–water partition coefficient (Wildman–Crippen LogP) is 3.56. The highest BCUT2D eigenvalue weighted by Crippen LogP contribution is 2.25. The van der Waals surface area contributed by atoms with E-state index in [1.807, 2.05) is 0 Å². The maximum Gasteiger partial charge on any atom is 0.264 e. The second-order valence-electron chi connectivity index (χ2n) is 6.76. The number of amides is 1. The third-order valence-corrected chi connectivity index (χ3v) is 7.60. The zero-order valence-electron chi connectivity index (χ0n) is 17.0. The van der Waals surface area contributed by atoms with Gasteiger partial charge in [0.1, 0.15) is 0 Å². The van der Waals surface area contributed by atoms with Gasteiger partial charge < -0.3 is 5.32 Å². The minimum atomic E-state index is -3.91. The van der Waals surface area contributed by atoms with E-state index in [2.05, 4.69) is 5.32 Å². The van der Waals surface area contributed by atoms with Gasteiger partial charge in [-0.25, -0.2) is 16.8 Å². The van der Waals surface area contributed by atoms with Crippen molar-refractivity contribution in [2.45, 2.75) is 16.7 Å². The molecule has 0 saturated carbocycles. The highest BCUT2D eigenvalue weighted by molar-refractivity contribution is 7.92. The smallest absolute Gasteiger partial charge is 0.264 e. The summed E-state index contributed by atoms with van der Waals surface area (Å²) in [5.41, 5.74) is 0.734. The highest BCUT2D eigenvalue weighted by Gasteiger charge is 2.24. The van der Waals surface area contributed by atoms with Crippen molar-refractivity contribution in [1.82, 2.24) is 0 Å². The minimum Gasteiger partial charge on any atom is -0.321 e. The van der Waals surface area contributed by atoms with E-state index < -0.39 is 25.8 Å². The Bertz CT molecular complexity index is 1300. The number of sulfone groups is 1. The molecule has 3 aromatic carbocycles. The molecule has 0 unspecified atom stereocenters. The fourth-order valence-corrected chi connectivity index (χ4v) is 5.46. The van der Waals surface area contributed by atoms with Crippen LogP contribution in [0.25, 0.3) is 0 Å². The first-order chi connectivity index (χ1) is 14.6. The summed E-state index contributed by atoms with van der Waals surface area (Å²) in [6.45, 7) is 1.94. The molecule has 31 heavy (non-hydrogen) atoms. The first-order valence-electron chi connectivity index (χ1n) is 9.43. The van der Waals surface area contributed by atoms with Gasteiger partial charge >= 0.3 is 0 Å². The Morgan fingerprint density at radius 2 is 1.52 bits per heavy atom. The molecule has 0 radical (unpaired) electrons. The van der Waals surface area contributed by atoms with Crippen molar-refractivity contribution < 1.29 is 21.6 Å². The minimum absolute atomic E-state index is 0.0200. The van der Waals surface area contributed by atoms with Crippen molar-refractivity contribution in [2.75, 3.05) is 22.4 Å². The molecule has 0 aliphatic carbocycles. The van der Waals surface area contributed by atoms with E-state index in [4.69, 9.17) is 0 Å². The van der Waals surface area contributed by atoms with Gasteiger partial charge in [-0.2, -0.15) is 0 Å². The lowest BCUT2D eigenvalue weighted by Crippen LogP contribution is -2.31. The normalized spacial score (nSPS) is 11.7. The van der Waals surface area contributed by atoms with Gasteiger partial charge in [0.05, 0.1) is 21.2 Å². The second-order valence-corrected chi connectivity index (χ2v) is 10.6. The number of rotatable bonds is 7. The summed E-state index contributed by atoms with van der Waals surface area (Å²) < 4.78 is 51.6. The van der Waals surface area contributed by atoms with Gasteiger partial charge in [-0.05, 0) is 49.4 Å². The van der Waals surface area contributed by atoms with Crippen LogP contribution in [-0.4, -0.2) is 35.5 Å². The summed E-state index contributed by atoms with van der Waals surface area (Å²) in [5.74, 6) is -0.615. The van der Waals surface area contributed by atoms with Crippen LogP contribution < -0.4 is 9.62 Å². The van der Waals surface area contributed by atoms with Crippen LogP contribution in [0.4, 0.5) is 11.4 Å². The second kappa shape index (κ2) is 8.91. The van der Waals surface area contributed by atoms with Crippen molar-refractivity contribution in [3.05, 3.63) is 84.4 Å². The Balaban J connectivity index is 1.94. The van der Waals surface area contributed by atoms with Crippen LogP contribution in [0.3, 0.4) is 0 Å². The number of sulfonamides is 1. The summed E-state index contributed by atoms with van der Waals surface area (Å²) in [4.78, 5) is 12.7. The summed E-state index contributed by atoms with van der Waals surface area (Å²) in [5, 5.41) is 2.56. The number of anilines is 2. The standard InChI is InChI=1S/C22H22N2O5S2/c1-3-24(18-11-5-4-6-12-18)31(28,29)19-13-9-10-17(16-19)22(25)23-20-14-7-8-15-21(20)30(2,26)27/h4-16H,3H2,1-2H3,(H,23,25). The molecule has 162 valence electrons. The van der Waals surface area contributed by atoms with Crippen LogP contribution in [-0.2, 0) is 19.9 Å². The van der Waals surface area contributed by atoms with E-state index in [9.17, 15) is 21.6 Å². The van der Waals surface area contributed by atoms with Crippen LogP contribution >= 0.6 is 0 Å². The highest BCUT2D eigenvalue weighted by atomic mass is 32.2. The zero-order chi connectivity index (χ0) is 22.6. The number of hydrogen-bond acceptors (Lipinski definition) is 5. The zero-order valence-corrected chi connectivity index (χ0v) is 18.7. The lowest BCUT2D eigenvalue weighted by Gasteiger charge is -2.23. The Kier molecular flexibility index (Phi) is 6.47. The van der Waals surface area contributed by atoms with Gasteiger partial charge in [0.2, 0.25) is 0 Å². The summed E-state index contributed by atoms with van der Waals surface area (Å²) in [6, 6.07) is 20.3. The van der Waals surface area contributed by atoms with Crippen LogP contribution in [0.15, 0.2) is 88.7 Å². The molecule has 9 heteroatoms. The van der Waals surface area contributed by atoms with E-state index in [0.717, 1.165) is 6.26 Å². The van der Waals surface area contributed by atoms with Gasteiger partial charge in [-0.15, -0.1) is 0 Å². The van der Waals surface area contributed by atoms with Crippen LogP contribution in [0.1, 0.15) is 17.3 Å². The molecule has 0 aliphatic heterocycles. The monoisotopic (exact) mass is 458 g/mol. The number of carbonyl (C=O) groups is 1. The average molecular weight is 459 g/mol. The molecule has 0 spiro atoms. The third kappa shape index (κ3) is 4.95. The molecular weight excluding hydrogens is 436 g/mol. The molecule has 3 rings (SSSR count).